The van der Waals surface area contributed by atoms with Gasteiger partial charge in [-0.15, -0.1) is 0 Å². The predicted molar refractivity (Wildman–Crippen MR) is 66.5 cm³/mol. The first-order chi connectivity index (χ1) is 7.84. The average molecular weight is 244 g/mol. The van der Waals surface area contributed by atoms with E-state index in [2.05, 4.69) is 5.32 Å². The second-order valence-corrected chi connectivity index (χ2v) is 4.62. The van der Waals surface area contributed by atoms with Crippen LogP contribution in [0.3, 0.4) is 0 Å². The van der Waals surface area contributed by atoms with Gasteiger partial charge < -0.3 is 16.2 Å². The summed E-state index contributed by atoms with van der Waals surface area (Å²) in [6.45, 7) is 7.51. The Morgan fingerprint density at radius 1 is 1.18 bits per heavy atom. The molecular formula is C12H24N2O3. The van der Waals surface area contributed by atoms with Crippen LogP contribution in [0.2, 0.25) is 0 Å². The molecule has 0 spiro atoms. The molecule has 0 aromatic rings. The molecule has 0 aromatic carbocycles. The lowest BCUT2D eigenvalue weighted by atomic mass is 9.96. The van der Waals surface area contributed by atoms with Crippen molar-refractivity contribution in [1.29, 1.82) is 0 Å². The van der Waals surface area contributed by atoms with Gasteiger partial charge in [-0.25, -0.2) is 4.79 Å². The van der Waals surface area contributed by atoms with Crippen molar-refractivity contribution >= 4 is 11.9 Å². The topological polar surface area (TPSA) is 92.4 Å². The van der Waals surface area contributed by atoms with E-state index < -0.39 is 18.1 Å². The Bertz CT molecular complexity index is 268. The molecule has 0 aliphatic rings. The molecule has 0 rings (SSSR count). The number of nitrogens with two attached hydrogens (primary N) is 1. The molecule has 0 aliphatic heterocycles. The second kappa shape index (κ2) is 7.27. The molecule has 0 heterocycles. The fourth-order valence-corrected chi connectivity index (χ4v) is 1.44. The van der Waals surface area contributed by atoms with E-state index in [1.54, 1.807) is 6.92 Å². The first-order valence-corrected chi connectivity index (χ1v) is 6.13. The quantitative estimate of drug-likeness (QED) is 0.622. The van der Waals surface area contributed by atoms with Crippen LogP contribution in [0.5, 0.6) is 0 Å². The number of carboxylic acid groups (broad SMARTS) is 1. The zero-order chi connectivity index (χ0) is 13.6. The van der Waals surface area contributed by atoms with Gasteiger partial charge in [0.2, 0.25) is 5.91 Å². The largest absolute Gasteiger partial charge is 0.480 e. The third-order valence-corrected chi connectivity index (χ3v) is 3.34. The van der Waals surface area contributed by atoms with Crippen LogP contribution in [0, 0.1) is 11.8 Å². The van der Waals surface area contributed by atoms with Gasteiger partial charge in [0.25, 0.3) is 0 Å². The van der Waals surface area contributed by atoms with E-state index in [0.717, 1.165) is 6.42 Å². The van der Waals surface area contributed by atoms with Gasteiger partial charge in [0.05, 0.1) is 6.04 Å². The van der Waals surface area contributed by atoms with Crippen molar-refractivity contribution in [3.63, 3.8) is 0 Å². The maximum atomic E-state index is 11.8. The van der Waals surface area contributed by atoms with Crippen molar-refractivity contribution in [2.24, 2.45) is 17.6 Å². The first kappa shape index (κ1) is 15.9. The van der Waals surface area contributed by atoms with Crippen LogP contribution in [-0.2, 0) is 9.59 Å². The summed E-state index contributed by atoms with van der Waals surface area (Å²) in [6, 6.07) is -1.51. The normalized spacial score (nSPS) is 17.9. The van der Waals surface area contributed by atoms with Crippen molar-refractivity contribution in [1.82, 2.24) is 5.32 Å². The lowest BCUT2D eigenvalue weighted by Crippen LogP contribution is -2.52. The van der Waals surface area contributed by atoms with Crippen LogP contribution in [0.1, 0.15) is 40.5 Å². The van der Waals surface area contributed by atoms with Gasteiger partial charge in [-0.05, 0) is 11.8 Å². The summed E-state index contributed by atoms with van der Waals surface area (Å²) < 4.78 is 0. The molecule has 0 bridgehead atoms. The molecule has 0 saturated carbocycles. The highest BCUT2D eigenvalue weighted by atomic mass is 16.4. The van der Waals surface area contributed by atoms with Gasteiger partial charge in [0.1, 0.15) is 6.04 Å². The number of hydrogen-bond acceptors (Lipinski definition) is 3. The number of carbonyl (C=O) groups is 2. The van der Waals surface area contributed by atoms with Crippen LogP contribution in [-0.4, -0.2) is 29.1 Å². The van der Waals surface area contributed by atoms with E-state index >= 15 is 0 Å². The Labute approximate surface area is 103 Å². The smallest absolute Gasteiger partial charge is 0.326 e. The van der Waals surface area contributed by atoms with Gasteiger partial charge in [0.15, 0.2) is 0 Å². The summed E-state index contributed by atoms with van der Waals surface area (Å²) in [7, 11) is 0. The third-order valence-electron chi connectivity index (χ3n) is 3.34. The van der Waals surface area contributed by atoms with Crippen LogP contribution < -0.4 is 11.1 Å². The van der Waals surface area contributed by atoms with Crippen molar-refractivity contribution in [2.45, 2.75) is 52.6 Å². The number of carbonyl (C=O) groups excluding carboxylic acids is 1. The summed E-state index contributed by atoms with van der Waals surface area (Å²) in [6.07, 6.45) is 1.48. The van der Waals surface area contributed by atoms with Crippen LogP contribution in [0.25, 0.3) is 0 Å². The molecule has 0 radical (unpaired) electrons. The van der Waals surface area contributed by atoms with Crippen LogP contribution in [0.15, 0.2) is 0 Å². The number of aliphatic carboxylic acids is 1. The molecular weight excluding hydrogens is 220 g/mol. The Morgan fingerprint density at radius 2 is 1.65 bits per heavy atom. The molecule has 0 fully saturated rings. The average Bonchev–Trinajstić information content (AvgIpc) is 2.32. The molecule has 4 atom stereocenters. The molecule has 0 aromatic heterocycles. The number of amides is 1. The summed E-state index contributed by atoms with van der Waals surface area (Å²) in [5.41, 5.74) is 5.76. The van der Waals surface area contributed by atoms with Gasteiger partial charge in [-0.1, -0.05) is 40.5 Å². The van der Waals surface area contributed by atoms with E-state index in [0.29, 0.717) is 6.42 Å². The zero-order valence-corrected chi connectivity index (χ0v) is 11.1. The minimum atomic E-state index is -1.01. The fraction of sp³-hybridized carbons (Fsp3) is 0.833. The number of rotatable bonds is 7. The Hall–Kier alpha value is -1.10. The minimum absolute atomic E-state index is 0.0429. The number of carboxylic acids is 1. The molecule has 5 nitrogen and oxygen atoms in total. The first-order valence-electron chi connectivity index (χ1n) is 6.13. The van der Waals surface area contributed by atoms with Gasteiger partial charge in [-0.2, -0.15) is 0 Å². The molecule has 0 aliphatic carbocycles. The predicted octanol–water partition coefficient (Wildman–Crippen LogP) is 0.975. The lowest BCUT2D eigenvalue weighted by molar-refractivity contribution is -0.143. The minimum Gasteiger partial charge on any atom is -0.480 e. The molecule has 0 unspecified atom stereocenters. The van der Waals surface area contributed by atoms with Gasteiger partial charge >= 0.3 is 5.97 Å². The summed E-state index contributed by atoms with van der Waals surface area (Å²) in [4.78, 5) is 22.8. The van der Waals surface area contributed by atoms with Gasteiger partial charge in [0, 0.05) is 0 Å². The van der Waals surface area contributed by atoms with Crippen LogP contribution in [0.4, 0.5) is 0 Å². The van der Waals surface area contributed by atoms with E-state index in [1.165, 1.54) is 0 Å². The van der Waals surface area contributed by atoms with E-state index in [-0.39, 0.29) is 17.7 Å². The highest BCUT2D eigenvalue weighted by molar-refractivity contribution is 5.87. The molecule has 100 valence electrons. The highest BCUT2D eigenvalue weighted by Gasteiger charge is 2.28. The van der Waals surface area contributed by atoms with Crippen LogP contribution >= 0.6 is 0 Å². The van der Waals surface area contributed by atoms with E-state index in [1.807, 2.05) is 20.8 Å². The molecule has 1 amide bonds. The zero-order valence-electron chi connectivity index (χ0n) is 11.1. The molecule has 17 heavy (non-hydrogen) atoms. The number of nitrogens with one attached hydrogen (secondary N) is 1. The van der Waals surface area contributed by atoms with Gasteiger partial charge in [-0.3, -0.25) is 4.79 Å². The van der Waals surface area contributed by atoms with Crippen molar-refractivity contribution in [2.75, 3.05) is 0 Å². The Balaban J connectivity index is 4.56. The lowest BCUT2D eigenvalue weighted by Gasteiger charge is -2.24. The van der Waals surface area contributed by atoms with Crippen molar-refractivity contribution in [3.8, 4) is 0 Å². The molecule has 5 heteroatoms. The van der Waals surface area contributed by atoms with E-state index in [4.69, 9.17) is 10.8 Å². The van der Waals surface area contributed by atoms with Crippen molar-refractivity contribution < 1.29 is 14.7 Å². The highest BCUT2D eigenvalue weighted by Crippen LogP contribution is 2.10. The summed E-state index contributed by atoms with van der Waals surface area (Å²) in [5.74, 6) is -1.46. The fourth-order valence-electron chi connectivity index (χ4n) is 1.44. The van der Waals surface area contributed by atoms with E-state index in [9.17, 15) is 9.59 Å². The SMILES string of the molecule is CC[C@@H](C)[C@@H](N)C(=O)N[C@@H](C(=O)O)[C@H](C)CC. The summed E-state index contributed by atoms with van der Waals surface area (Å²) >= 11 is 0. The van der Waals surface area contributed by atoms with Crippen molar-refractivity contribution in [3.05, 3.63) is 0 Å². The molecule has 4 N–H and O–H groups in total. The third kappa shape index (κ3) is 4.73. The second-order valence-electron chi connectivity index (χ2n) is 4.62. The molecule has 0 saturated heterocycles. The standard InChI is InChI=1S/C12H24N2O3/c1-5-7(3)9(13)11(15)14-10(12(16)17)8(4)6-2/h7-10H,5-6,13H2,1-4H3,(H,14,15)(H,16,17)/t7-,8-,9-,10-/m1/s1. The Morgan fingerprint density at radius 3 is 2.00 bits per heavy atom. The maximum absolute atomic E-state index is 11.8. The monoisotopic (exact) mass is 244 g/mol. The maximum Gasteiger partial charge on any atom is 0.326 e. The number of hydrogen-bond donors (Lipinski definition) is 3. The summed E-state index contributed by atoms with van der Waals surface area (Å²) in [5, 5.41) is 11.6. The Kier molecular flexibility index (Phi) is 6.80.